The van der Waals surface area contributed by atoms with Crippen molar-refractivity contribution < 1.29 is 4.79 Å². The van der Waals surface area contributed by atoms with Gasteiger partial charge in [0.25, 0.3) is 0 Å². The minimum absolute atomic E-state index is 0.115. The van der Waals surface area contributed by atoms with Crippen LogP contribution in [0.15, 0.2) is 0 Å². The van der Waals surface area contributed by atoms with E-state index < -0.39 is 5.54 Å². The summed E-state index contributed by atoms with van der Waals surface area (Å²) in [5.74, 6) is 0.115. The van der Waals surface area contributed by atoms with E-state index >= 15 is 0 Å². The summed E-state index contributed by atoms with van der Waals surface area (Å²) < 4.78 is 0. The highest BCUT2D eigenvalue weighted by Crippen LogP contribution is 2.15. The lowest BCUT2D eigenvalue weighted by Gasteiger charge is -2.33. The fourth-order valence-corrected chi connectivity index (χ4v) is 2.08. The van der Waals surface area contributed by atoms with Crippen molar-refractivity contribution in [1.82, 2.24) is 15.5 Å². The van der Waals surface area contributed by atoms with Crippen molar-refractivity contribution in [2.75, 3.05) is 39.3 Å². The van der Waals surface area contributed by atoms with Gasteiger partial charge >= 0.3 is 0 Å². The zero-order valence-electron chi connectivity index (χ0n) is 8.38. The molecular weight excluding hydrogens is 180 g/mol. The Bertz CT molecular complexity index is 219. The van der Waals surface area contributed by atoms with Crippen molar-refractivity contribution in [1.29, 1.82) is 0 Å². The number of hydrogen-bond donors (Lipinski definition) is 3. The van der Waals surface area contributed by atoms with Crippen LogP contribution in [0, 0.1) is 0 Å². The number of amides is 1. The highest BCUT2D eigenvalue weighted by atomic mass is 16.2. The molecule has 5 nitrogen and oxygen atoms in total. The SMILES string of the molecule is NC1(C(=O)N2CCNCC2)CCNC1. The van der Waals surface area contributed by atoms with Crippen molar-refractivity contribution >= 4 is 5.91 Å². The van der Waals surface area contributed by atoms with Gasteiger partial charge in [0.15, 0.2) is 0 Å². The third-order valence-electron chi connectivity index (χ3n) is 3.02. The van der Waals surface area contributed by atoms with Crippen LogP contribution < -0.4 is 16.4 Å². The second-order valence-corrected chi connectivity index (χ2v) is 4.13. The highest BCUT2D eigenvalue weighted by molar-refractivity contribution is 5.87. The number of carbonyl (C=O) groups excluding carboxylic acids is 1. The minimum atomic E-state index is -0.642. The van der Waals surface area contributed by atoms with Gasteiger partial charge in [0.1, 0.15) is 5.54 Å². The van der Waals surface area contributed by atoms with E-state index in [0.29, 0.717) is 6.54 Å². The quantitative estimate of drug-likeness (QED) is 0.461. The number of piperazine rings is 1. The third kappa shape index (κ3) is 1.75. The van der Waals surface area contributed by atoms with Gasteiger partial charge in [0, 0.05) is 32.7 Å². The van der Waals surface area contributed by atoms with Gasteiger partial charge in [0.2, 0.25) is 5.91 Å². The van der Waals surface area contributed by atoms with Crippen molar-refractivity contribution in [2.45, 2.75) is 12.0 Å². The van der Waals surface area contributed by atoms with Crippen LogP contribution in [0.5, 0.6) is 0 Å². The molecule has 0 bridgehead atoms. The molecule has 4 N–H and O–H groups in total. The fourth-order valence-electron chi connectivity index (χ4n) is 2.08. The molecule has 2 saturated heterocycles. The lowest BCUT2D eigenvalue weighted by Crippen LogP contribution is -2.60. The van der Waals surface area contributed by atoms with Crippen molar-refractivity contribution in [3.05, 3.63) is 0 Å². The maximum atomic E-state index is 12.1. The number of nitrogens with zero attached hydrogens (tertiary/aromatic N) is 1. The molecule has 2 rings (SSSR count). The molecule has 2 heterocycles. The summed E-state index contributed by atoms with van der Waals surface area (Å²) in [5.41, 5.74) is 5.42. The molecule has 0 aliphatic carbocycles. The first-order chi connectivity index (χ1) is 6.72. The van der Waals surface area contributed by atoms with Gasteiger partial charge in [-0.3, -0.25) is 4.79 Å². The molecular formula is C9H18N4O. The van der Waals surface area contributed by atoms with Crippen LogP contribution >= 0.6 is 0 Å². The Labute approximate surface area is 84.0 Å². The predicted octanol–water partition coefficient (Wildman–Crippen LogP) is -1.89. The number of nitrogens with two attached hydrogens (primary N) is 1. The summed E-state index contributed by atoms with van der Waals surface area (Å²) in [6.07, 6.45) is 0.760. The minimum Gasteiger partial charge on any atom is -0.339 e. The maximum Gasteiger partial charge on any atom is 0.244 e. The van der Waals surface area contributed by atoms with Gasteiger partial charge in [-0.15, -0.1) is 0 Å². The van der Waals surface area contributed by atoms with E-state index in [-0.39, 0.29) is 5.91 Å². The van der Waals surface area contributed by atoms with E-state index in [1.165, 1.54) is 0 Å². The Morgan fingerprint density at radius 3 is 2.50 bits per heavy atom. The third-order valence-corrected chi connectivity index (χ3v) is 3.02. The standard InChI is InChI=1S/C9H18N4O/c10-9(1-2-12-7-9)8(14)13-5-3-11-4-6-13/h11-12H,1-7,10H2. The predicted molar refractivity (Wildman–Crippen MR) is 53.9 cm³/mol. The summed E-state index contributed by atoms with van der Waals surface area (Å²) in [4.78, 5) is 13.9. The van der Waals surface area contributed by atoms with Gasteiger partial charge in [-0.25, -0.2) is 0 Å². The first kappa shape index (κ1) is 9.89. The monoisotopic (exact) mass is 198 g/mol. The average Bonchev–Trinajstić information content (AvgIpc) is 2.67. The molecule has 0 spiro atoms. The van der Waals surface area contributed by atoms with Crippen molar-refractivity contribution in [2.24, 2.45) is 5.73 Å². The van der Waals surface area contributed by atoms with Crippen LogP contribution in [0.2, 0.25) is 0 Å². The molecule has 1 atom stereocenters. The van der Waals surface area contributed by atoms with Crippen LogP contribution in [0.25, 0.3) is 0 Å². The molecule has 2 aliphatic rings. The summed E-state index contributed by atoms with van der Waals surface area (Å²) >= 11 is 0. The molecule has 0 radical (unpaired) electrons. The number of nitrogens with one attached hydrogen (secondary N) is 2. The van der Waals surface area contributed by atoms with Gasteiger partial charge in [-0.2, -0.15) is 0 Å². The Kier molecular flexibility index (Phi) is 2.71. The van der Waals surface area contributed by atoms with Crippen LogP contribution in [0.1, 0.15) is 6.42 Å². The van der Waals surface area contributed by atoms with E-state index in [0.717, 1.165) is 39.1 Å². The molecule has 80 valence electrons. The maximum absolute atomic E-state index is 12.1. The van der Waals surface area contributed by atoms with Crippen molar-refractivity contribution in [3.63, 3.8) is 0 Å². The molecule has 2 fully saturated rings. The molecule has 1 unspecified atom stereocenters. The molecule has 1 amide bonds. The number of carbonyl (C=O) groups is 1. The Morgan fingerprint density at radius 2 is 1.93 bits per heavy atom. The van der Waals surface area contributed by atoms with Crippen molar-refractivity contribution in [3.8, 4) is 0 Å². The summed E-state index contributed by atoms with van der Waals surface area (Å²) in [6.45, 7) is 4.82. The molecule has 0 aromatic heterocycles. The Hall–Kier alpha value is -0.650. The first-order valence-electron chi connectivity index (χ1n) is 5.22. The van der Waals surface area contributed by atoms with Crippen LogP contribution in [-0.2, 0) is 4.79 Å². The van der Waals surface area contributed by atoms with E-state index in [4.69, 9.17) is 5.73 Å². The van der Waals surface area contributed by atoms with Gasteiger partial charge in [0.05, 0.1) is 0 Å². The van der Waals surface area contributed by atoms with Crippen LogP contribution in [-0.4, -0.2) is 55.6 Å². The average molecular weight is 198 g/mol. The number of rotatable bonds is 1. The Morgan fingerprint density at radius 1 is 1.21 bits per heavy atom. The molecule has 0 aromatic rings. The normalized spacial score (nSPS) is 33.4. The van der Waals surface area contributed by atoms with Gasteiger partial charge < -0.3 is 21.3 Å². The zero-order valence-corrected chi connectivity index (χ0v) is 8.38. The van der Waals surface area contributed by atoms with E-state index in [1.807, 2.05) is 4.90 Å². The second-order valence-electron chi connectivity index (χ2n) is 4.13. The smallest absolute Gasteiger partial charge is 0.244 e. The fraction of sp³-hybridized carbons (Fsp3) is 0.889. The molecule has 0 saturated carbocycles. The summed E-state index contributed by atoms with van der Waals surface area (Å²) in [5, 5.41) is 6.37. The summed E-state index contributed by atoms with van der Waals surface area (Å²) in [7, 11) is 0. The topological polar surface area (TPSA) is 70.4 Å². The van der Waals surface area contributed by atoms with E-state index in [9.17, 15) is 4.79 Å². The highest BCUT2D eigenvalue weighted by Gasteiger charge is 2.40. The van der Waals surface area contributed by atoms with Crippen LogP contribution in [0.4, 0.5) is 0 Å². The molecule has 5 heteroatoms. The zero-order chi connectivity index (χ0) is 10.0. The largest absolute Gasteiger partial charge is 0.339 e. The summed E-state index contributed by atoms with van der Waals surface area (Å²) in [6, 6.07) is 0. The van der Waals surface area contributed by atoms with Crippen LogP contribution in [0.3, 0.4) is 0 Å². The lowest BCUT2D eigenvalue weighted by atomic mass is 9.98. The molecule has 0 aromatic carbocycles. The van der Waals surface area contributed by atoms with Gasteiger partial charge in [-0.05, 0) is 13.0 Å². The first-order valence-corrected chi connectivity index (χ1v) is 5.22. The molecule has 2 aliphatic heterocycles. The molecule has 14 heavy (non-hydrogen) atoms. The second kappa shape index (κ2) is 3.84. The number of hydrogen-bond acceptors (Lipinski definition) is 4. The Balaban J connectivity index is 1.98. The lowest BCUT2D eigenvalue weighted by molar-refractivity contribution is -0.136. The van der Waals surface area contributed by atoms with E-state index in [1.54, 1.807) is 0 Å². The van der Waals surface area contributed by atoms with E-state index in [2.05, 4.69) is 10.6 Å². The van der Waals surface area contributed by atoms with Gasteiger partial charge in [-0.1, -0.05) is 0 Å².